The molecular weight excluding hydrogens is 350 g/mol. The predicted octanol–water partition coefficient (Wildman–Crippen LogP) is 3.17. The summed E-state index contributed by atoms with van der Waals surface area (Å²) in [5.74, 6) is 0.0354. The number of aromatic nitrogens is 3. The molecule has 7 heteroatoms. The summed E-state index contributed by atoms with van der Waals surface area (Å²) >= 11 is 0. The second-order valence-corrected chi connectivity index (χ2v) is 8.52. The molecule has 0 bridgehead atoms. The Morgan fingerprint density at radius 2 is 2.00 bits per heavy atom. The molecule has 3 heterocycles. The topological polar surface area (TPSA) is 95.7 Å². The first kappa shape index (κ1) is 16.5. The molecule has 2 N–H and O–H groups in total. The van der Waals surface area contributed by atoms with E-state index in [1.165, 1.54) is 0 Å². The van der Waals surface area contributed by atoms with Crippen molar-refractivity contribution in [2.75, 3.05) is 5.75 Å². The van der Waals surface area contributed by atoms with Crippen LogP contribution in [-0.4, -0.2) is 29.1 Å². The average Bonchev–Trinajstić information content (AvgIpc) is 3.02. The van der Waals surface area contributed by atoms with E-state index in [2.05, 4.69) is 15.0 Å². The molecule has 0 saturated carbocycles. The molecule has 0 saturated heterocycles. The summed E-state index contributed by atoms with van der Waals surface area (Å²) in [4.78, 5) is 22.7. The SMILES string of the molecule is CCS(=O)(=O)c1cccc(-c2c[nH]c(=O)c3[nH]c4ncc(C)cc4c23)c1. The number of nitrogens with one attached hydrogen (secondary N) is 2. The van der Waals surface area contributed by atoms with Crippen LogP contribution in [0.15, 0.2) is 52.4 Å². The number of hydrogen-bond acceptors (Lipinski definition) is 4. The van der Waals surface area contributed by atoms with Crippen LogP contribution in [0.4, 0.5) is 0 Å². The van der Waals surface area contributed by atoms with Gasteiger partial charge in [0.05, 0.1) is 10.6 Å². The Hall–Kier alpha value is -2.93. The first-order valence-electron chi connectivity index (χ1n) is 8.23. The van der Waals surface area contributed by atoms with Crippen LogP contribution in [0, 0.1) is 6.92 Å². The van der Waals surface area contributed by atoms with Gasteiger partial charge in [-0.05, 0) is 36.2 Å². The number of benzene rings is 1. The van der Waals surface area contributed by atoms with E-state index in [1.54, 1.807) is 37.5 Å². The fraction of sp³-hybridized carbons (Fsp3) is 0.158. The molecule has 0 aliphatic heterocycles. The van der Waals surface area contributed by atoms with Gasteiger partial charge in [0.15, 0.2) is 9.84 Å². The summed E-state index contributed by atoms with van der Waals surface area (Å²) in [7, 11) is -3.32. The highest BCUT2D eigenvalue weighted by Crippen LogP contribution is 2.33. The third kappa shape index (κ3) is 2.52. The lowest BCUT2D eigenvalue weighted by Crippen LogP contribution is -2.06. The molecule has 4 aromatic rings. The minimum Gasteiger partial charge on any atom is -0.335 e. The fourth-order valence-electron chi connectivity index (χ4n) is 3.16. The number of pyridine rings is 2. The van der Waals surface area contributed by atoms with Crippen LogP contribution in [0.2, 0.25) is 0 Å². The normalized spacial score (nSPS) is 12.1. The zero-order valence-corrected chi connectivity index (χ0v) is 15.1. The molecule has 6 nitrogen and oxygen atoms in total. The van der Waals surface area contributed by atoms with Gasteiger partial charge in [-0.2, -0.15) is 0 Å². The van der Waals surface area contributed by atoms with Gasteiger partial charge in [-0.1, -0.05) is 19.1 Å². The van der Waals surface area contributed by atoms with Crippen LogP contribution in [0.25, 0.3) is 33.1 Å². The number of aryl methyl sites for hydroxylation is 1. The summed E-state index contributed by atoms with van der Waals surface area (Å²) in [6.45, 7) is 3.56. The maximum atomic E-state index is 12.3. The van der Waals surface area contributed by atoms with Crippen molar-refractivity contribution in [3.05, 3.63) is 58.6 Å². The van der Waals surface area contributed by atoms with E-state index in [4.69, 9.17) is 0 Å². The van der Waals surface area contributed by atoms with Crippen molar-refractivity contribution in [1.29, 1.82) is 0 Å². The third-order valence-corrected chi connectivity index (χ3v) is 6.25. The molecule has 0 unspecified atom stereocenters. The van der Waals surface area contributed by atoms with E-state index < -0.39 is 9.84 Å². The summed E-state index contributed by atoms with van der Waals surface area (Å²) in [6, 6.07) is 8.76. The molecular formula is C19H17N3O3S. The predicted molar refractivity (Wildman–Crippen MR) is 102 cm³/mol. The number of H-pyrrole nitrogens is 2. The maximum Gasteiger partial charge on any atom is 0.272 e. The van der Waals surface area contributed by atoms with Crippen molar-refractivity contribution < 1.29 is 8.42 Å². The van der Waals surface area contributed by atoms with Crippen LogP contribution in [0.1, 0.15) is 12.5 Å². The van der Waals surface area contributed by atoms with Gasteiger partial charge in [0, 0.05) is 28.7 Å². The van der Waals surface area contributed by atoms with E-state index in [-0.39, 0.29) is 16.2 Å². The zero-order chi connectivity index (χ0) is 18.5. The van der Waals surface area contributed by atoms with Gasteiger partial charge in [-0.25, -0.2) is 13.4 Å². The van der Waals surface area contributed by atoms with Gasteiger partial charge in [-0.3, -0.25) is 4.79 Å². The van der Waals surface area contributed by atoms with Gasteiger partial charge < -0.3 is 9.97 Å². The van der Waals surface area contributed by atoms with Crippen LogP contribution in [-0.2, 0) is 9.84 Å². The number of fused-ring (bicyclic) bond motifs is 3. The highest BCUT2D eigenvalue weighted by atomic mass is 32.2. The second-order valence-electron chi connectivity index (χ2n) is 6.25. The van der Waals surface area contributed by atoms with Crippen molar-refractivity contribution in [2.45, 2.75) is 18.7 Å². The minimum atomic E-state index is -3.32. The Bertz CT molecular complexity index is 1320. The molecule has 0 aliphatic carbocycles. The van der Waals surface area contributed by atoms with Crippen molar-refractivity contribution in [2.24, 2.45) is 0 Å². The molecule has 1 aromatic carbocycles. The lowest BCUT2D eigenvalue weighted by Gasteiger charge is -2.07. The molecule has 26 heavy (non-hydrogen) atoms. The number of hydrogen-bond donors (Lipinski definition) is 2. The molecule has 4 rings (SSSR count). The Labute approximate surface area is 149 Å². The average molecular weight is 367 g/mol. The Balaban J connectivity index is 2.09. The van der Waals surface area contributed by atoms with E-state index in [9.17, 15) is 13.2 Å². The summed E-state index contributed by atoms with van der Waals surface area (Å²) in [5.41, 5.74) is 3.28. The second kappa shape index (κ2) is 5.81. The maximum absolute atomic E-state index is 12.3. The Morgan fingerprint density at radius 3 is 2.77 bits per heavy atom. The van der Waals surface area contributed by atoms with Crippen LogP contribution in [0.3, 0.4) is 0 Å². The summed E-state index contributed by atoms with van der Waals surface area (Å²) < 4.78 is 24.5. The number of aromatic amines is 2. The van der Waals surface area contributed by atoms with E-state index in [1.807, 2.05) is 19.1 Å². The number of sulfone groups is 1. The lowest BCUT2D eigenvalue weighted by molar-refractivity contribution is 0.597. The monoisotopic (exact) mass is 367 g/mol. The minimum absolute atomic E-state index is 0.0354. The van der Waals surface area contributed by atoms with Crippen molar-refractivity contribution in [3.63, 3.8) is 0 Å². The van der Waals surface area contributed by atoms with Crippen molar-refractivity contribution in [1.82, 2.24) is 15.0 Å². The third-order valence-electron chi connectivity index (χ3n) is 4.52. The quantitative estimate of drug-likeness (QED) is 0.581. The van der Waals surface area contributed by atoms with Gasteiger partial charge in [-0.15, -0.1) is 0 Å². The summed E-state index contributed by atoms with van der Waals surface area (Å²) in [5, 5.41) is 1.58. The lowest BCUT2D eigenvalue weighted by atomic mass is 10.0. The first-order chi connectivity index (χ1) is 12.4. The van der Waals surface area contributed by atoms with Crippen molar-refractivity contribution >= 4 is 31.8 Å². The molecule has 0 amide bonds. The standard InChI is InChI=1S/C19H17N3O3S/c1-3-26(24,25)13-6-4-5-12(8-13)15-10-21-19(23)17-16(15)14-7-11(2)9-20-18(14)22-17/h4-10H,3H2,1-2H3,(H,20,22)(H,21,23). The van der Waals surface area contributed by atoms with E-state index >= 15 is 0 Å². The van der Waals surface area contributed by atoms with Gasteiger partial charge in [0.1, 0.15) is 11.2 Å². The molecule has 0 fully saturated rings. The molecule has 0 spiro atoms. The van der Waals surface area contributed by atoms with E-state index in [0.29, 0.717) is 11.2 Å². The van der Waals surface area contributed by atoms with Gasteiger partial charge >= 0.3 is 0 Å². The molecule has 0 atom stereocenters. The highest BCUT2D eigenvalue weighted by Gasteiger charge is 2.17. The van der Waals surface area contributed by atoms with E-state index in [0.717, 1.165) is 27.5 Å². The number of nitrogens with zero attached hydrogens (tertiary/aromatic N) is 1. The van der Waals surface area contributed by atoms with Crippen molar-refractivity contribution in [3.8, 4) is 11.1 Å². The first-order valence-corrected chi connectivity index (χ1v) is 9.89. The molecule has 0 aliphatic rings. The Morgan fingerprint density at radius 1 is 1.19 bits per heavy atom. The van der Waals surface area contributed by atoms with Crippen LogP contribution >= 0.6 is 0 Å². The van der Waals surface area contributed by atoms with Crippen LogP contribution < -0.4 is 5.56 Å². The van der Waals surface area contributed by atoms with Crippen LogP contribution in [0.5, 0.6) is 0 Å². The smallest absolute Gasteiger partial charge is 0.272 e. The molecule has 0 radical (unpaired) electrons. The molecule has 132 valence electrons. The van der Waals surface area contributed by atoms with Gasteiger partial charge in [0.25, 0.3) is 5.56 Å². The number of rotatable bonds is 3. The zero-order valence-electron chi connectivity index (χ0n) is 14.3. The Kier molecular flexibility index (Phi) is 3.69. The highest BCUT2D eigenvalue weighted by molar-refractivity contribution is 7.91. The molecule has 3 aromatic heterocycles. The van der Waals surface area contributed by atoms with Gasteiger partial charge in [0.2, 0.25) is 0 Å². The fourth-order valence-corrected chi connectivity index (χ4v) is 4.08. The summed E-state index contributed by atoms with van der Waals surface area (Å²) in [6.07, 6.45) is 3.36. The largest absolute Gasteiger partial charge is 0.335 e.